The Morgan fingerprint density at radius 3 is 3.05 bits per heavy atom. The van der Waals surface area contributed by atoms with E-state index in [-0.39, 0.29) is 19.1 Å². The summed E-state index contributed by atoms with van der Waals surface area (Å²) >= 11 is 1.34. The third-order valence-electron chi connectivity index (χ3n) is 3.12. The quantitative estimate of drug-likeness (QED) is 0.919. The lowest BCUT2D eigenvalue weighted by Gasteiger charge is -2.30. The Morgan fingerprint density at radius 1 is 1.48 bits per heavy atom. The van der Waals surface area contributed by atoms with Crippen LogP contribution in [0.5, 0.6) is 0 Å². The summed E-state index contributed by atoms with van der Waals surface area (Å²) in [5.74, 6) is -1.35. The third kappa shape index (κ3) is 2.81. The van der Waals surface area contributed by atoms with E-state index in [4.69, 9.17) is 14.3 Å². The number of aromatic nitrogens is 1. The van der Waals surface area contributed by atoms with Gasteiger partial charge in [-0.1, -0.05) is 0 Å². The van der Waals surface area contributed by atoms with Crippen molar-refractivity contribution in [1.82, 2.24) is 9.88 Å². The van der Waals surface area contributed by atoms with Crippen LogP contribution in [0.25, 0.3) is 10.6 Å². The Balaban J connectivity index is 1.74. The smallest absolute Gasteiger partial charge is 0.334 e. The molecule has 3 heterocycles. The van der Waals surface area contributed by atoms with Crippen LogP contribution in [0.3, 0.4) is 0 Å². The molecule has 1 aliphatic heterocycles. The zero-order chi connectivity index (χ0) is 14.8. The topological polar surface area (TPSA) is 92.9 Å². The number of nitrogens with zero attached hydrogens (tertiary/aromatic N) is 2. The molecule has 0 aliphatic carbocycles. The predicted molar refractivity (Wildman–Crippen MR) is 73.1 cm³/mol. The van der Waals surface area contributed by atoms with Crippen LogP contribution < -0.4 is 0 Å². The number of ether oxygens (including phenoxy) is 1. The molecule has 0 radical (unpaired) electrons. The summed E-state index contributed by atoms with van der Waals surface area (Å²) in [4.78, 5) is 29.0. The number of hydrogen-bond acceptors (Lipinski definition) is 6. The van der Waals surface area contributed by atoms with E-state index >= 15 is 0 Å². The van der Waals surface area contributed by atoms with Crippen LogP contribution in [0.15, 0.2) is 28.4 Å². The number of rotatable bonds is 3. The number of thiazole rings is 1. The Bertz CT molecular complexity index is 651. The van der Waals surface area contributed by atoms with E-state index < -0.39 is 12.1 Å². The number of carboxylic acid groups (broad SMARTS) is 1. The highest BCUT2D eigenvalue weighted by Gasteiger charge is 2.30. The molecule has 1 atom stereocenters. The van der Waals surface area contributed by atoms with Crippen LogP contribution in [0.2, 0.25) is 0 Å². The molecule has 0 saturated carbocycles. The first-order valence-electron chi connectivity index (χ1n) is 6.27. The largest absolute Gasteiger partial charge is 0.479 e. The van der Waals surface area contributed by atoms with Gasteiger partial charge < -0.3 is 19.2 Å². The number of carbonyl (C=O) groups is 2. The number of aliphatic carboxylic acids is 1. The number of amides is 1. The standard InChI is InChI=1S/C13H12N2O5S/c16-12(15-2-4-20-10(5-15)13(17)18)9-7-21-11(14-9)8-1-3-19-6-8/h1,3,6-7,10H,2,4-5H2,(H,17,18). The minimum Gasteiger partial charge on any atom is -0.479 e. The molecule has 0 aromatic carbocycles. The van der Waals surface area contributed by atoms with Crippen LogP contribution in [0.1, 0.15) is 10.5 Å². The molecule has 1 aliphatic rings. The molecule has 0 bridgehead atoms. The summed E-state index contributed by atoms with van der Waals surface area (Å²) in [6.45, 7) is 0.607. The molecular weight excluding hydrogens is 296 g/mol. The van der Waals surface area contributed by atoms with Crippen LogP contribution >= 0.6 is 11.3 Å². The van der Waals surface area contributed by atoms with Crippen LogP contribution in [-0.2, 0) is 9.53 Å². The molecule has 3 rings (SSSR count). The second-order valence-corrected chi connectivity index (χ2v) is 5.36. The maximum atomic E-state index is 12.3. The van der Waals surface area contributed by atoms with Crippen LogP contribution in [0, 0.1) is 0 Å². The van der Waals surface area contributed by atoms with Crippen molar-refractivity contribution in [3.8, 4) is 10.6 Å². The average molecular weight is 308 g/mol. The Hall–Kier alpha value is -2.19. The van der Waals surface area contributed by atoms with Crippen LogP contribution in [0.4, 0.5) is 0 Å². The van der Waals surface area contributed by atoms with Gasteiger partial charge in [0.2, 0.25) is 0 Å². The van der Waals surface area contributed by atoms with Crippen molar-refractivity contribution >= 4 is 23.2 Å². The Kier molecular flexibility index (Phi) is 3.72. The summed E-state index contributed by atoms with van der Waals surface area (Å²) < 4.78 is 10.1. The summed E-state index contributed by atoms with van der Waals surface area (Å²) in [6.07, 6.45) is 2.12. The number of hydrogen-bond donors (Lipinski definition) is 1. The van der Waals surface area contributed by atoms with E-state index in [0.717, 1.165) is 5.56 Å². The summed E-state index contributed by atoms with van der Waals surface area (Å²) in [5, 5.41) is 11.3. The van der Waals surface area contributed by atoms with E-state index in [1.54, 1.807) is 17.7 Å². The molecule has 1 N–H and O–H groups in total. The SMILES string of the molecule is O=C(O)C1CN(C(=O)c2csc(-c3ccoc3)n2)CCO1. The molecule has 0 spiro atoms. The molecule has 21 heavy (non-hydrogen) atoms. The van der Waals surface area contributed by atoms with Gasteiger partial charge in [-0.25, -0.2) is 9.78 Å². The number of carboxylic acids is 1. The second-order valence-electron chi connectivity index (χ2n) is 4.50. The van der Waals surface area contributed by atoms with Gasteiger partial charge in [0.25, 0.3) is 5.91 Å². The Labute approximate surface area is 123 Å². The first-order chi connectivity index (χ1) is 10.1. The molecule has 1 fully saturated rings. The average Bonchev–Trinajstić information content (AvgIpc) is 3.17. The highest BCUT2D eigenvalue weighted by atomic mass is 32.1. The monoisotopic (exact) mass is 308 g/mol. The van der Waals surface area contributed by atoms with Gasteiger partial charge in [0.05, 0.1) is 19.4 Å². The normalized spacial score (nSPS) is 18.7. The summed E-state index contributed by atoms with van der Waals surface area (Å²) in [7, 11) is 0. The fourth-order valence-electron chi connectivity index (χ4n) is 2.04. The predicted octanol–water partition coefficient (Wildman–Crippen LogP) is 1.33. The molecule has 1 saturated heterocycles. The first kappa shape index (κ1) is 13.8. The van der Waals surface area contributed by atoms with Crippen molar-refractivity contribution in [1.29, 1.82) is 0 Å². The zero-order valence-corrected chi connectivity index (χ0v) is 11.7. The summed E-state index contributed by atoms with van der Waals surface area (Å²) in [5.41, 5.74) is 1.12. The molecule has 2 aromatic heterocycles. The second kappa shape index (κ2) is 5.66. The van der Waals surface area contributed by atoms with E-state index in [2.05, 4.69) is 4.98 Å². The molecule has 1 unspecified atom stereocenters. The highest BCUT2D eigenvalue weighted by molar-refractivity contribution is 7.13. The third-order valence-corrected chi connectivity index (χ3v) is 4.01. The lowest BCUT2D eigenvalue weighted by molar-refractivity contribution is -0.154. The lowest BCUT2D eigenvalue weighted by atomic mass is 10.2. The van der Waals surface area contributed by atoms with Gasteiger partial charge in [-0.2, -0.15) is 0 Å². The van der Waals surface area contributed by atoms with E-state index in [1.165, 1.54) is 22.5 Å². The number of carbonyl (C=O) groups excluding carboxylic acids is 1. The fraction of sp³-hybridized carbons (Fsp3) is 0.308. The van der Waals surface area contributed by atoms with Crippen molar-refractivity contribution in [2.75, 3.05) is 19.7 Å². The maximum absolute atomic E-state index is 12.3. The van der Waals surface area contributed by atoms with Gasteiger partial charge in [0.15, 0.2) is 6.10 Å². The molecule has 1 amide bonds. The lowest BCUT2D eigenvalue weighted by Crippen LogP contribution is -2.48. The minimum absolute atomic E-state index is 0.0345. The van der Waals surface area contributed by atoms with Gasteiger partial charge in [-0.3, -0.25) is 4.79 Å². The zero-order valence-electron chi connectivity index (χ0n) is 10.9. The molecule has 7 nitrogen and oxygen atoms in total. The number of morpholine rings is 1. The van der Waals surface area contributed by atoms with E-state index in [9.17, 15) is 9.59 Å². The van der Waals surface area contributed by atoms with E-state index in [1.807, 2.05) is 0 Å². The van der Waals surface area contributed by atoms with Gasteiger partial charge >= 0.3 is 5.97 Å². The Morgan fingerprint density at radius 2 is 2.33 bits per heavy atom. The van der Waals surface area contributed by atoms with Crippen molar-refractivity contribution in [2.45, 2.75) is 6.10 Å². The number of furan rings is 1. The van der Waals surface area contributed by atoms with Gasteiger partial charge in [-0.05, 0) is 6.07 Å². The highest BCUT2D eigenvalue weighted by Crippen LogP contribution is 2.24. The minimum atomic E-state index is -1.06. The molecular formula is C13H12N2O5S. The summed E-state index contributed by atoms with van der Waals surface area (Å²) in [6, 6.07) is 1.77. The van der Waals surface area contributed by atoms with Crippen molar-refractivity contribution in [3.05, 3.63) is 29.7 Å². The maximum Gasteiger partial charge on any atom is 0.334 e. The van der Waals surface area contributed by atoms with Gasteiger partial charge in [0, 0.05) is 17.5 Å². The van der Waals surface area contributed by atoms with Crippen molar-refractivity contribution < 1.29 is 23.8 Å². The van der Waals surface area contributed by atoms with Gasteiger partial charge in [0.1, 0.15) is 17.0 Å². The molecule has 8 heteroatoms. The van der Waals surface area contributed by atoms with Gasteiger partial charge in [-0.15, -0.1) is 11.3 Å². The van der Waals surface area contributed by atoms with Crippen molar-refractivity contribution in [2.24, 2.45) is 0 Å². The van der Waals surface area contributed by atoms with Crippen LogP contribution in [-0.4, -0.2) is 52.7 Å². The molecule has 2 aromatic rings. The first-order valence-corrected chi connectivity index (χ1v) is 7.15. The van der Waals surface area contributed by atoms with E-state index in [0.29, 0.717) is 17.2 Å². The fourth-order valence-corrected chi connectivity index (χ4v) is 2.82. The van der Waals surface area contributed by atoms with Crippen molar-refractivity contribution in [3.63, 3.8) is 0 Å². The molecule has 110 valence electrons.